The van der Waals surface area contributed by atoms with Crippen LogP contribution in [0.4, 0.5) is 4.39 Å². The van der Waals surface area contributed by atoms with E-state index in [4.69, 9.17) is 17.3 Å². The van der Waals surface area contributed by atoms with Crippen LogP contribution in [0.2, 0.25) is 5.02 Å². The molecule has 2 nitrogen and oxygen atoms in total. The zero-order valence-corrected chi connectivity index (χ0v) is 11.0. The van der Waals surface area contributed by atoms with Crippen LogP contribution >= 0.6 is 27.5 Å². The summed E-state index contributed by atoms with van der Waals surface area (Å²) >= 11 is 9.31. The number of nitrogens with zero attached hydrogens (tertiary/aromatic N) is 1. The van der Waals surface area contributed by atoms with Crippen molar-refractivity contribution in [1.29, 1.82) is 0 Å². The number of hydrogen-bond donors (Lipinski definition) is 1. The van der Waals surface area contributed by atoms with Gasteiger partial charge < -0.3 is 5.73 Å². The van der Waals surface area contributed by atoms with Crippen molar-refractivity contribution in [2.24, 2.45) is 5.73 Å². The lowest BCUT2D eigenvalue weighted by Gasteiger charge is -2.14. The Labute approximate surface area is 112 Å². The number of hydrogen-bond acceptors (Lipinski definition) is 2. The molecule has 0 saturated carbocycles. The molecule has 0 fully saturated rings. The molecule has 2 N–H and O–H groups in total. The van der Waals surface area contributed by atoms with E-state index in [2.05, 4.69) is 20.9 Å². The van der Waals surface area contributed by atoms with Crippen molar-refractivity contribution in [3.05, 3.63) is 63.1 Å². The molecule has 17 heavy (non-hydrogen) atoms. The zero-order valence-electron chi connectivity index (χ0n) is 8.70. The number of aromatic nitrogens is 1. The molecular weight excluding hydrogens is 307 g/mol. The normalized spacial score (nSPS) is 12.5. The number of halogens is 3. The van der Waals surface area contributed by atoms with Crippen molar-refractivity contribution in [3.63, 3.8) is 0 Å². The van der Waals surface area contributed by atoms with Gasteiger partial charge in [0.25, 0.3) is 0 Å². The summed E-state index contributed by atoms with van der Waals surface area (Å²) in [6, 6.07) is 6.22. The molecule has 2 rings (SSSR count). The minimum absolute atomic E-state index is 0.406. The fraction of sp³-hybridized carbons (Fsp3) is 0.0833. The minimum Gasteiger partial charge on any atom is -0.320 e. The van der Waals surface area contributed by atoms with Crippen LogP contribution in [0.3, 0.4) is 0 Å². The van der Waals surface area contributed by atoms with E-state index in [9.17, 15) is 4.39 Å². The van der Waals surface area contributed by atoms with Gasteiger partial charge in [-0.2, -0.15) is 0 Å². The first-order valence-corrected chi connectivity index (χ1v) is 6.06. The highest BCUT2D eigenvalue weighted by Crippen LogP contribution is 2.29. The predicted octanol–water partition coefficient (Wildman–Crippen LogP) is 3.68. The Bertz CT molecular complexity index is 548. The highest BCUT2D eigenvalue weighted by molar-refractivity contribution is 9.10. The standard InChI is InChI=1S/C12H9BrClFN2/c13-11-2-1-8(14)4-10(11)12(16)7-3-9(15)6-17-5-7/h1-6,12H,16H2. The summed E-state index contributed by atoms with van der Waals surface area (Å²) in [5.41, 5.74) is 7.46. The van der Waals surface area contributed by atoms with E-state index in [0.717, 1.165) is 16.2 Å². The predicted molar refractivity (Wildman–Crippen MR) is 69.4 cm³/mol. The molecule has 1 aromatic heterocycles. The monoisotopic (exact) mass is 314 g/mol. The van der Waals surface area contributed by atoms with Crippen LogP contribution in [-0.4, -0.2) is 4.98 Å². The third-order valence-corrected chi connectivity index (χ3v) is 3.34. The molecule has 1 atom stereocenters. The van der Waals surface area contributed by atoms with Crippen LogP contribution in [-0.2, 0) is 0 Å². The number of pyridine rings is 1. The first kappa shape index (κ1) is 12.5. The molecule has 1 heterocycles. The van der Waals surface area contributed by atoms with E-state index in [0.29, 0.717) is 10.6 Å². The molecule has 2 aromatic rings. The molecule has 5 heteroatoms. The highest BCUT2D eigenvalue weighted by atomic mass is 79.9. The third-order valence-electron chi connectivity index (χ3n) is 2.38. The van der Waals surface area contributed by atoms with Gasteiger partial charge in [-0.05, 0) is 35.4 Å². The van der Waals surface area contributed by atoms with Gasteiger partial charge >= 0.3 is 0 Å². The number of nitrogens with two attached hydrogens (primary N) is 1. The molecule has 0 spiro atoms. The van der Waals surface area contributed by atoms with Crippen molar-refractivity contribution in [3.8, 4) is 0 Å². The summed E-state index contributed by atoms with van der Waals surface area (Å²) in [6.45, 7) is 0. The van der Waals surface area contributed by atoms with Crippen molar-refractivity contribution in [1.82, 2.24) is 4.98 Å². The maximum absolute atomic E-state index is 13.1. The van der Waals surface area contributed by atoms with Crippen LogP contribution < -0.4 is 5.73 Å². The van der Waals surface area contributed by atoms with Crippen molar-refractivity contribution in [2.75, 3.05) is 0 Å². The van der Waals surface area contributed by atoms with Crippen LogP contribution in [0.15, 0.2) is 41.1 Å². The average molecular weight is 316 g/mol. The van der Waals surface area contributed by atoms with E-state index in [1.165, 1.54) is 6.07 Å². The molecule has 0 bridgehead atoms. The number of rotatable bonds is 2. The molecular formula is C12H9BrClFN2. The summed E-state index contributed by atoms with van der Waals surface area (Å²) in [5, 5.41) is 0.586. The van der Waals surface area contributed by atoms with Gasteiger partial charge in [-0.1, -0.05) is 27.5 Å². The van der Waals surface area contributed by atoms with Crippen molar-refractivity contribution in [2.45, 2.75) is 6.04 Å². The number of benzene rings is 1. The van der Waals surface area contributed by atoms with Crippen LogP contribution in [0, 0.1) is 5.82 Å². The molecule has 88 valence electrons. The summed E-state index contributed by atoms with van der Waals surface area (Å²) in [6.07, 6.45) is 2.68. The Kier molecular flexibility index (Phi) is 3.76. The second kappa shape index (κ2) is 5.12. The first-order chi connectivity index (χ1) is 8.08. The van der Waals surface area contributed by atoms with Gasteiger partial charge in [0.1, 0.15) is 5.82 Å². The van der Waals surface area contributed by atoms with Crippen molar-refractivity contribution < 1.29 is 4.39 Å². The van der Waals surface area contributed by atoms with Crippen LogP contribution in [0.5, 0.6) is 0 Å². The third kappa shape index (κ3) is 2.83. The Hall–Kier alpha value is -0.970. The Morgan fingerprint density at radius 3 is 2.76 bits per heavy atom. The van der Waals surface area contributed by atoms with Gasteiger partial charge in [0, 0.05) is 15.7 Å². The molecule has 0 aliphatic rings. The second-order valence-corrected chi connectivity index (χ2v) is 4.87. The van der Waals surface area contributed by atoms with Gasteiger partial charge in [-0.3, -0.25) is 4.98 Å². The molecule has 0 amide bonds. The molecule has 0 radical (unpaired) electrons. The van der Waals surface area contributed by atoms with Gasteiger partial charge in [-0.15, -0.1) is 0 Å². The van der Waals surface area contributed by atoms with E-state index in [1.807, 2.05) is 6.07 Å². The first-order valence-electron chi connectivity index (χ1n) is 4.89. The highest BCUT2D eigenvalue weighted by Gasteiger charge is 2.13. The van der Waals surface area contributed by atoms with Gasteiger partial charge in [0.2, 0.25) is 0 Å². The molecule has 0 saturated heterocycles. The summed E-state index contributed by atoms with van der Waals surface area (Å²) < 4.78 is 13.9. The van der Waals surface area contributed by atoms with E-state index >= 15 is 0 Å². The fourth-order valence-electron chi connectivity index (χ4n) is 1.53. The lowest BCUT2D eigenvalue weighted by molar-refractivity contribution is 0.616. The van der Waals surface area contributed by atoms with Gasteiger partial charge in [0.05, 0.1) is 12.2 Å². The van der Waals surface area contributed by atoms with E-state index < -0.39 is 11.9 Å². The van der Waals surface area contributed by atoms with Crippen LogP contribution in [0.25, 0.3) is 0 Å². The smallest absolute Gasteiger partial charge is 0.141 e. The zero-order chi connectivity index (χ0) is 12.4. The van der Waals surface area contributed by atoms with Crippen molar-refractivity contribution >= 4 is 27.5 Å². The quantitative estimate of drug-likeness (QED) is 0.918. The lowest BCUT2D eigenvalue weighted by atomic mass is 10.0. The van der Waals surface area contributed by atoms with Gasteiger partial charge in [0.15, 0.2) is 0 Å². The molecule has 0 aliphatic heterocycles. The van der Waals surface area contributed by atoms with E-state index in [-0.39, 0.29) is 0 Å². The van der Waals surface area contributed by atoms with Gasteiger partial charge in [-0.25, -0.2) is 4.39 Å². The Morgan fingerprint density at radius 1 is 1.29 bits per heavy atom. The molecule has 1 unspecified atom stereocenters. The molecule has 1 aromatic carbocycles. The van der Waals surface area contributed by atoms with Crippen LogP contribution in [0.1, 0.15) is 17.2 Å². The SMILES string of the molecule is NC(c1cncc(F)c1)c1cc(Cl)ccc1Br. The average Bonchev–Trinajstić information content (AvgIpc) is 2.31. The second-order valence-electron chi connectivity index (χ2n) is 3.58. The topological polar surface area (TPSA) is 38.9 Å². The fourth-order valence-corrected chi connectivity index (χ4v) is 2.20. The lowest BCUT2D eigenvalue weighted by Crippen LogP contribution is -2.13. The largest absolute Gasteiger partial charge is 0.320 e. The summed E-state index contributed by atoms with van der Waals surface area (Å²) in [7, 11) is 0. The maximum Gasteiger partial charge on any atom is 0.141 e. The summed E-state index contributed by atoms with van der Waals surface area (Å²) in [4.78, 5) is 3.78. The Balaban J connectivity index is 2.43. The Morgan fingerprint density at radius 2 is 2.06 bits per heavy atom. The van der Waals surface area contributed by atoms with E-state index in [1.54, 1.807) is 18.3 Å². The minimum atomic E-state index is -0.466. The summed E-state index contributed by atoms with van der Waals surface area (Å²) in [5.74, 6) is -0.406. The maximum atomic E-state index is 13.1. The molecule has 0 aliphatic carbocycles.